The Hall–Kier alpha value is -1.48. The second-order valence-electron chi connectivity index (χ2n) is 6.52. The summed E-state index contributed by atoms with van der Waals surface area (Å²) in [4.78, 5) is 31.7. The summed E-state index contributed by atoms with van der Waals surface area (Å²) in [5.41, 5.74) is 0.419. The number of fused-ring (bicyclic) bond motifs is 1. The lowest BCUT2D eigenvalue weighted by atomic mass is 9.97. The zero-order valence-electron chi connectivity index (χ0n) is 14.5. The van der Waals surface area contributed by atoms with Gasteiger partial charge in [-0.1, -0.05) is 0 Å². The number of nitrogens with zero attached hydrogens (tertiary/aromatic N) is 3. The van der Waals surface area contributed by atoms with E-state index in [4.69, 9.17) is 4.74 Å². The number of piperidine rings is 1. The number of carbonyl (C=O) groups excluding carboxylic acids is 1. The summed E-state index contributed by atoms with van der Waals surface area (Å²) in [6.45, 7) is 4.87. The first-order valence-corrected chi connectivity index (χ1v) is 9.61. The summed E-state index contributed by atoms with van der Waals surface area (Å²) < 4.78 is 7.89. The number of carbonyl (C=O) groups is 1. The Morgan fingerprint density at radius 3 is 2.80 bits per heavy atom. The second kappa shape index (κ2) is 7.82. The molecule has 0 aromatic carbocycles. The van der Waals surface area contributed by atoms with E-state index >= 15 is 0 Å². The van der Waals surface area contributed by atoms with Crippen molar-refractivity contribution in [2.75, 3.05) is 26.7 Å². The molecule has 3 heterocycles. The molecule has 2 aromatic heterocycles. The molecule has 7 heteroatoms. The van der Waals surface area contributed by atoms with Crippen LogP contribution < -0.4 is 5.43 Å². The standard InChI is InChI=1S/C18H22IN3O3/c1-3-25-18(24)15-11-22(10-12-4-6-21(2)7-5-12)17-14(16(15)23)8-13(19)9-20-17/h8-9,11-12H,3-7,10H2,1-2H3. The summed E-state index contributed by atoms with van der Waals surface area (Å²) in [5, 5.41) is 0.477. The van der Waals surface area contributed by atoms with Crippen LogP contribution in [0.4, 0.5) is 0 Å². The molecule has 0 saturated carbocycles. The molecule has 1 aliphatic heterocycles. The molecule has 0 spiro atoms. The zero-order valence-corrected chi connectivity index (χ0v) is 16.7. The Labute approximate surface area is 160 Å². The number of rotatable bonds is 4. The average Bonchev–Trinajstić information content (AvgIpc) is 2.59. The van der Waals surface area contributed by atoms with Gasteiger partial charge in [-0.3, -0.25) is 4.79 Å². The van der Waals surface area contributed by atoms with Crippen molar-refractivity contribution in [1.82, 2.24) is 14.5 Å². The molecule has 0 bridgehead atoms. The molecule has 6 nitrogen and oxygen atoms in total. The Morgan fingerprint density at radius 1 is 1.40 bits per heavy atom. The average molecular weight is 455 g/mol. The summed E-state index contributed by atoms with van der Waals surface area (Å²) >= 11 is 2.13. The summed E-state index contributed by atoms with van der Waals surface area (Å²) in [5.74, 6) is -0.0524. The Bertz CT molecular complexity index is 841. The molecule has 0 N–H and O–H groups in total. The monoisotopic (exact) mass is 455 g/mol. The van der Waals surface area contributed by atoms with E-state index in [1.54, 1.807) is 25.4 Å². The molecule has 1 fully saturated rings. The minimum absolute atomic E-state index is 0.0890. The maximum Gasteiger partial charge on any atom is 0.343 e. The highest BCUT2D eigenvalue weighted by Gasteiger charge is 2.21. The van der Waals surface area contributed by atoms with Gasteiger partial charge in [0.2, 0.25) is 5.43 Å². The Kier molecular flexibility index (Phi) is 5.73. The first-order chi connectivity index (χ1) is 12.0. The first-order valence-electron chi connectivity index (χ1n) is 8.54. The lowest BCUT2D eigenvalue weighted by Crippen LogP contribution is -2.32. The van der Waals surface area contributed by atoms with Crippen LogP contribution in [0.2, 0.25) is 0 Å². The SMILES string of the molecule is CCOC(=O)c1cn(CC2CCN(C)CC2)c2ncc(I)cc2c1=O. The van der Waals surface area contributed by atoms with Gasteiger partial charge in [-0.25, -0.2) is 9.78 Å². The normalized spacial score (nSPS) is 16.3. The third kappa shape index (κ3) is 4.03. The lowest BCUT2D eigenvalue weighted by Gasteiger charge is -2.29. The second-order valence-corrected chi connectivity index (χ2v) is 7.76. The number of esters is 1. The van der Waals surface area contributed by atoms with Crippen molar-refractivity contribution < 1.29 is 9.53 Å². The van der Waals surface area contributed by atoms with Crippen LogP contribution >= 0.6 is 22.6 Å². The predicted octanol–water partition coefficient (Wildman–Crippen LogP) is 2.52. The fourth-order valence-corrected chi connectivity index (χ4v) is 3.72. The number of pyridine rings is 2. The van der Waals surface area contributed by atoms with Gasteiger partial charge in [-0.15, -0.1) is 0 Å². The van der Waals surface area contributed by atoms with Gasteiger partial charge in [-0.05, 0) is 74.5 Å². The third-order valence-corrected chi connectivity index (χ3v) is 5.26. The fourth-order valence-electron chi connectivity index (χ4n) is 3.26. The quantitative estimate of drug-likeness (QED) is 0.524. The maximum atomic E-state index is 12.7. The molecule has 0 atom stereocenters. The van der Waals surface area contributed by atoms with Gasteiger partial charge in [0.05, 0.1) is 12.0 Å². The van der Waals surface area contributed by atoms with E-state index in [2.05, 4.69) is 39.5 Å². The van der Waals surface area contributed by atoms with E-state index in [1.807, 2.05) is 4.57 Å². The van der Waals surface area contributed by atoms with Gasteiger partial charge in [0.1, 0.15) is 11.2 Å². The molecule has 0 radical (unpaired) electrons. The van der Waals surface area contributed by atoms with Gasteiger partial charge in [0, 0.05) is 22.5 Å². The molecule has 1 saturated heterocycles. The molecule has 134 valence electrons. The largest absolute Gasteiger partial charge is 0.462 e. The molecular formula is C18H22IN3O3. The molecule has 0 aliphatic carbocycles. The van der Waals surface area contributed by atoms with Gasteiger partial charge < -0.3 is 14.2 Å². The number of likely N-dealkylation sites (tertiary alicyclic amines) is 1. The van der Waals surface area contributed by atoms with Gasteiger partial charge in [-0.2, -0.15) is 0 Å². The topological polar surface area (TPSA) is 64.4 Å². The van der Waals surface area contributed by atoms with E-state index in [0.29, 0.717) is 17.0 Å². The van der Waals surface area contributed by atoms with Gasteiger partial charge in [0.25, 0.3) is 0 Å². The van der Waals surface area contributed by atoms with Crippen LogP contribution in [0.25, 0.3) is 11.0 Å². The third-order valence-electron chi connectivity index (χ3n) is 4.67. The Balaban J connectivity index is 2.05. The number of ether oxygens (including phenoxy) is 1. The summed E-state index contributed by atoms with van der Waals surface area (Å²) in [6.07, 6.45) is 5.57. The van der Waals surface area contributed by atoms with Crippen molar-refractivity contribution >= 4 is 39.6 Å². The maximum absolute atomic E-state index is 12.7. The van der Waals surface area contributed by atoms with E-state index in [0.717, 1.165) is 36.0 Å². The van der Waals surface area contributed by atoms with Crippen LogP contribution in [0, 0.1) is 9.49 Å². The summed E-state index contributed by atoms with van der Waals surface area (Å²) in [6, 6.07) is 1.79. The van der Waals surface area contributed by atoms with Crippen molar-refractivity contribution in [2.45, 2.75) is 26.3 Å². The van der Waals surface area contributed by atoms with E-state index < -0.39 is 5.97 Å². The van der Waals surface area contributed by atoms with Crippen molar-refractivity contribution in [3.63, 3.8) is 0 Å². The molecule has 0 amide bonds. The molecular weight excluding hydrogens is 433 g/mol. The predicted molar refractivity (Wildman–Crippen MR) is 105 cm³/mol. The summed E-state index contributed by atoms with van der Waals surface area (Å²) in [7, 11) is 2.13. The van der Waals surface area contributed by atoms with Crippen LogP contribution in [0.1, 0.15) is 30.1 Å². The minimum atomic E-state index is -0.564. The first kappa shape index (κ1) is 18.3. The van der Waals surface area contributed by atoms with Gasteiger partial charge >= 0.3 is 5.97 Å². The molecule has 0 unspecified atom stereocenters. The van der Waals surface area contributed by atoms with Crippen LogP contribution in [-0.4, -0.2) is 47.2 Å². The van der Waals surface area contributed by atoms with Crippen LogP contribution in [0.3, 0.4) is 0 Å². The fraction of sp³-hybridized carbons (Fsp3) is 0.500. The van der Waals surface area contributed by atoms with Crippen LogP contribution in [-0.2, 0) is 11.3 Å². The number of hydrogen-bond acceptors (Lipinski definition) is 5. The minimum Gasteiger partial charge on any atom is -0.462 e. The molecule has 25 heavy (non-hydrogen) atoms. The van der Waals surface area contributed by atoms with E-state index in [-0.39, 0.29) is 17.6 Å². The lowest BCUT2D eigenvalue weighted by molar-refractivity contribution is 0.0524. The van der Waals surface area contributed by atoms with E-state index in [9.17, 15) is 9.59 Å². The molecule has 1 aliphatic rings. The molecule has 2 aromatic rings. The Morgan fingerprint density at radius 2 is 2.12 bits per heavy atom. The highest BCUT2D eigenvalue weighted by Crippen LogP contribution is 2.21. The van der Waals surface area contributed by atoms with Crippen molar-refractivity contribution in [3.8, 4) is 0 Å². The van der Waals surface area contributed by atoms with Crippen molar-refractivity contribution in [1.29, 1.82) is 0 Å². The highest BCUT2D eigenvalue weighted by atomic mass is 127. The zero-order chi connectivity index (χ0) is 18.0. The molecule has 3 rings (SSSR count). The van der Waals surface area contributed by atoms with Gasteiger partial charge in [0.15, 0.2) is 0 Å². The van der Waals surface area contributed by atoms with Crippen molar-refractivity contribution in [2.24, 2.45) is 5.92 Å². The smallest absolute Gasteiger partial charge is 0.343 e. The van der Waals surface area contributed by atoms with Crippen LogP contribution in [0.5, 0.6) is 0 Å². The number of aromatic nitrogens is 2. The number of halogens is 1. The number of hydrogen-bond donors (Lipinski definition) is 0. The van der Waals surface area contributed by atoms with Crippen LogP contribution in [0.15, 0.2) is 23.3 Å². The van der Waals surface area contributed by atoms with Crippen molar-refractivity contribution in [3.05, 3.63) is 37.8 Å². The highest BCUT2D eigenvalue weighted by molar-refractivity contribution is 14.1. The van der Waals surface area contributed by atoms with E-state index in [1.165, 1.54) is 0 Å².